The zero-order chi connectivity index (χ0) is 10.1. The van der Waals surface area contributed by atoms with Gasteiger partial charge < -0.3 is 5.73 Å². The first-order valence-corrected chi connectivity index (χ1v) is 4.40. The average Bonchev–Trinajstić information content (AvgIpc) is 2.64. The molecule has 0 aliphatic carbocycles. The smallest absolute Gasteiger partial charge is 0.123 e. The Bertz CT molecular complexity index is 445. The molecule has 72 valence electrons. The minimum Gasteiger partial charge on any atom is -0.399 e. The number of hydrogen-bond donors (Lipinski definition) is 1. The molecule has 0 saturated carbocycles. The Morgan fingerprint density at radius 1 is 1.07 bits per heavy atom. The highest BCUT2D eigenvalue weighted by molar-refractivity contribution is 5.56. The number of aromatic nitrogens is 3. The highest BCUT2D eigenvalue weighted by Gasteiger charge is 2.03. The minimum atomic E-state index is 0.819. The highest BCUT2D eigenvalue weighted by Crippen LogP contribution is 2.20. The van der Waals surface area contributed by atoms with Crippen molar-refractivity contribution in [2.24, 2.45) is 0 Å². The van der Waals surface area contributed by atoms with E-state index in [0.29, 0.717) is 0 Å². The van der Waals surface area contributed by atoms with Gasteiger partial charge in [0.25, 0.3) is 0 Å². The van der Waals surface area contributed by atoms with E-state index < -0.39 is 0 Å². The molecule has 2 N–H and O–H groups in total. The number of nitrogens with zero attached hydrogens (tertiary/aromatic N) is 3. The van der Waals surface area contributed by atoms with E-state index in [-0.39, 0.29) is 0 Å². The molecule has 2 aromatic rings. The van der Waals surface area contributed by atoms with Gasteiger partial charge in [0.2, 0.25) is 0 Å². The van der Waals surface area contributed by atoms with Gasteiger partial charge in [-0.1, -0.05) is 0 Å². The monoisotopic (exact) mass is 188 g/mol. The van der Waals surface area contributed by atoms with E-state index in [1.165, 1.54) is 0 Å². The average molecular weight is 188 g/mol. The summed E-state index contributed by atoms with van der Waals surface area (Å²) in [4.78, 5) is 0. The van der Waals surface area contributed by atoms with Crippen LogP contribution in [-0.4, -0.2) is 14.8 Å². The first kappa shape index (κ1) is 8.74. The summed E-state index contributed by atoms with van der Waals surface area (Å²) in [7, 11) is 0. The lowest BCUT2D eigenvalue weighted by Gasteiger charge is -2.09. The lowest BCUT2D eigenvalue weighted by atomic mass is 10.1. The van der Waals surface area contributed by atoms with Gasteiger partial charge in [-0.05, 0) is 37.1 Å². The van der Waals surface area contributed by atoms with Crippen molar-refractivity contribution in [2.45, 2.75) is 13.8 Å². The molecule has 1 aromatic carbocycles. The van der Waals surface area contributed by atoms with Crippen molar-refractivity contribution in [3.05, 3.63) is 35.9 Å². The van der Waals surface area contributed by atoms with Crippen LogP contribution in [0.4, 0.5) is 5.69 Å². The van der Waals surface area contributed by atoms with Gasteiger partial charge in [-0.2, -0.15) is 0 Å². The fourth-order valence-electron chi connectivity index (χ4n) is 1.43. The molecule has 0 aliphatic heterocycles. The number of rotatable bonds is 1. The molecule has 0 amide bonds. The van der Waals surface area contributed by atoms with Gasteiger partial charge in [0, 0.05) is 5.69 Å². The molecule has 0 radical (unpaired) electrons. The molecule has 0 fully saturated rings. The van der Waals surface area contributed by atoms with Crippen LogP contribution in [0.2, 0.25) is 0 Å². The lowest BCUT2D eigenvalue weighted by Crippen LogP contribution is -1.98. The largest absolute Gasteiger partial charge is 0.399 e. The van der Waals surface area contributed by atoms with Crippen LogP contribution in [0.25, 0.3) is 5.69 Å². The van der Waals surface area contributed by atoms with Gasteiger partial charge in [0.05, 0.1) is 5.69 Å². The van der Waals surface area contributed by atoms with Gasteiger partial charge in [0.1, 0.15) is 12.7 Å². The first-order valence-electron chi connectivity index (χ1n) is 4.40. The topological polar surface area (TPSA) is 56.7 Å². The van der Waals surface area contributed by atoms with Crippen LogP contribution in [0.15, 0.2) is 24.8 Å². The van der Waals surface area contributed by atoms with Crippen molar-refractivity contribution in [3.63, 3.8) is 0 Å². The van der Waals surface area contributed by atoms with Crippen molar-refractivity contribution in [1.29, 1.82) is 0 Å². The van der Waals surface area contributed by atoms with Crippen LogP contribution in [0.1, 0.15) is 11.1 Å². The number of nitrogens with two attached hydrogens (primary N) is 1. The van der Waals surface area contributed by atoms with Gasteiger partial charge in [-0.25, -0.2) is 0 Å². The normalized spacial score (nSPS) is 10.4. The van der Waals surface area contributed by atoms with Crippen LogP contribution in [-0.2, 0) is 0 Å². The fourth-order valence-corrected chi connectivity index (χ4v) is 1.43. The lowest BCUT2D eigenvalue weighted by molar-refractivity contribution is 1.03. The maximum Gasteiger partial charge on any atom is 0.123 e. The molecule has 1 heterocycles. The second-order valence-corrected chi connectivity index (χ2v) is 3.36. The summed E-state index contributed by atoms with van der Waals surface area (Å²) in [6.07, 6.45) is 3.36. The summed E-state index contributed by atoms with van der Waals surface area (Å²) in [5, 5.41) is 7.55. The molecular weight excluding hydrogens is 176 g/mol. The fraction of sp³-hybridized carbons (Fsp3) is 0.200. The van der Waals surface area contributed by atoms with Gasteiger partial charge in [0.15, 0.2) is 0 Å². The van der Waals surface area contributed by atoms with E-state index in [4.69, 9.17) is 5.73 Å². The maximum atomic E-state index is 5.80. The molecule has 4 heteroatoms. The Balaban J connectivity index is 2.60. The summed E-state index contributed by atoms with van der Waals surface area (Å²) >= 11 is 0. The summed E-state index contributed by atoms with van der Waals surface area (Å²) < 4.78 is 1.88. The number of anilines is 1. The van der Waals surface area contributed by atoms with E-state index in [1.807, 2.05) is 30.5 Å². The minimum absolute atomic E-state index is 0.819. The van der Waals surface area contributed by atoms with Crippen molar-refractivity contribution in [3.8, 4) is 5.69 Å². The molecule has 0 saturated heterocycles. The Morgan fingerprint density at radius 2 is 1.71 bits per heavy atom. The number of aryl methyl sites for hydroxylation is 2. The molecule has 2 rings (SSSR count). The Hall–Kier alpha value is -1.84. The van der Waals surface area contributed by atoms with Crippen LogP contribution in [0, 0.1) is 13.8 Å². The summed E-state index contributed by atoms with van der Waals surface area (Å²) in [5.74, 6) is 0. The number of nitrogen functional groups attached to an aromatic ring is 1. The van der Waals surface area contributed by atoms with Crippen LogP contribution < -0.4 is 5.73 Å². The Kier molecular flexibility index (Phi) is 1.96. The molecule has 0 atom stereocenters. The maximum absolute atomic E-state index is 5.80. The molecule has 1 aromatic heterocycles. The Morgan fingerprint density at radius 3 is 2.36 bits per heavy atom. The molecular formula is C10H12N4. The van der Waals surface area contributed by atoms with Crippen LogP contribution >= 0.6 is 0 Å². The predicted octanol–water partition coefficient (Wildman–Crippen LogP) is 1.47. The van der Waals surface area contributed by atoms with E-state index in [2.05, 4.69) is 10.2 Å². The second-order valence-electron chi connectivity index (χ2n) is 3.36. The summed E-state index contributed by atoms with van der Waals surface area (Å²) in [6, 6.07) is 4.00. The van der Waals surface area contributed by atoms with E-state index in [9.17, 15) is 0 Å². The standard InChI is InChI=1S/C10H12N4/c1-7-4-10(8(2)3-9(7)11)14-5-12-13-6-14/h3-6H,11H2,1-2H3. The number of hydrogen-bond acceptors (Lipinski definition) is 3. The molecule has 0 aliphatic rings. The van der Waals surface area contributed by atoms with Gasteiger partial charge >= 0.3 is 0 Å². The van der Waals surface area contributed by atoms with Crippen molar-refractivity contribution in [1.82, 2.24) is 14.8 Å². The third-order valence-corrected chi connectivity index (χ3v) is 2.28. The Labute approximate surface area is 82.4 Å². The first-order chi connectivity index (χ1) is 6.68. The van der Waals surface area contributed by atoms with Gasteiger partial charge in [-0.3, -0.25) is 4.57 Å². The van der Waals surface area contributed by atoms with E-state index in [1.54, 1.807) is 12.7 Å². The zero-order valence-electron chi connectivity index (χ0n) is 8.23. The van der Waals surface area contributed by atoms with Crippen molar-refractivity contribution >= 4 is 5.69 Å². The van der Waals surface area contributed by atoms with Crippen LogP contribution in [0.5, 0.6) is 0 Å². The van der Waals surface area contributed by atoms with E-state index >= 15 is 0 Å². The van der Waals surface area contributed by atoms with Crippen LogP contribution in [0.3, 0.4) is 0 Å². The molecule has 0 spiro atoms. The van der Waals surface area contributed by atoms with Crippen molar-refractivity contribution in [2.75, 3.05) is 5.73 Å². The third kappa shape index (κ3) is 1.35. The predicted molar refractivity (Wildman–Crippen MR) is 55.2 cm³/mol. The summed E-state index contributed by atoms with van der Waals surface area (Å²) in [5.41, 5.74) is 9.88. The second kappa shape index (κ2) is 3.14. The number of benzene rings is 1. The molecule has 4 nitrogen and oxygen atoms in total. The SMILES string of the molecule is Cc1cc(-n2cnnc2)c(C)cc1N. The molecule has 0 unspecified atom stereocenters. The third-order valence-electron chi connectivity index (χ3n) is 2.28. The zero-order valence-corrected chi connectivity index (χ0v) is 8.23. The quantitative estimate of drug-likeness (QED) is 0.689. The van der Waals surface area contributed by atoms with E-state index in [0.717, 1.165) is 22.5 Å². The van der Waals surface area contributed by atoms with Crippen molar-refractivity contribution < 1.29 is 0 Å². The molecule has 14 heavy (non-hydrogen) atoms. The van der Waals surface area contributed by atoms with Gasteiger partial charge in [-0.15, -0.1) is 10.2 Å². The highest BCUT2D eigenvalue weighted by atomic mass is 15.2. The summed E-state index contributed by atoms with van der Waals surface area (Å²) in [6.45, 7) is 4.01. The molecule has 0 bridgehead atoms.